The minimum absolute atomic E-state index is 0.525. The predicted molar refractivity (Wildman–Crippen MR) is 75.6 cm³/mol. The summed E-state index contributed by atoms with van der Waals surface area (Å²) in [5.41, 5.74) is 3.28. The summed E-state index contributed by atoms with van der Waals surface area (Å²) in [5, 5.41) is 3.43. The molecule has 0 aliphatic carbocycles. The second kappa shape index (κ2) is 4.84. The van der Waals surface area contributed by atoms with E-state index in [1.165, 1.54) is 15.6 Å². The molecule has 0 spiro atoms. The van der Waals surface area contributed by atoms with Gasteiger partial charge < -0.3 is 0 Å². The van der Waals surface area contributed by atoms with E-state index in [-0.39, 0.29) is 0 Å². The minimum Gasteiger partial charge on any atom is -0.298 e. The quantitative estimate of drug-likeness (QED) is 0.568. The Morgan fingerprint density at radius 1 is 1.29 bits per heavy atom. The maximum atomic E-state index is 10.7. The van der Waals surface area contributed by atoms with Gasteiger partial charge in [0.1, 0.15) is 6.29 Å². The Hall–Kier alpha value is -1.41. The first-order valence-electron chi connectivity index (χ1n) is 5.77. The zero-order chi connectivity index (χ0) is 12.4. The van der Waals surface area contributed by atoms with Crippen molar-refractivity contribution in [3.63, 3.8) is 0 Å². The zero-order valence-electron chi connectivity index (χ0n) is 10.4. The van der Waals surface area contributed by atoms with Crippen LogP contribution in [0.1, 0.15) is 37.8 Å². The summed E-state index contributed by atoms with van der Waals surface area (Å²) in [7, 11) is 0. The van der Waals surface area contributed by atoms with Gasteiger partial charge in [0.25, 0.3) is 0 Å². The van der Waals surface area contributed by atoms with Crippen LogP contribution in [0, 0.1) is 0 Å². The fourth-order valence-electron chi connectivity index (χ4n) is 2.00. The van der Waals surface area contributed by atoms with Crippen molar-refractivity contribution < 1.29 is 4.79 Å². The van der Waals surface area contributed by atoms with Crippen LogP contribution in [-0.2, 0) is 4.79 Å². The standard InChI is InChI=1S/C15H16OS/c1-10(2)13-5-4-12(8-11(3)9-16)15-14(13)6-7-17-15/h4-10H,1-3H3/b11-8-. The summed E-state index contributed by atoms with van der Waals surface area (Å²) in [6.45, 7) is 6.25. The van der Waals surface area contributed by atoms with E-state index in [0.29, 0.717) is 5.92 Å². The summed E-state index contributed by atoms with van der Waals surface area (Å²) < 4.78 is 1.28. The van der Waals surface area contributed by atoms with Gasteiger partial charge in [-0.3, -0.25) is 4.79 Å². The Bertz CT molecular complexity index is 576. The van der Waals surface area contributed by atoms with Crippen molar-refractivity contribution in [1.82, 2.24) is 0 Å². The van der Waals surface area contributed by atoms with E-state index in [1.54, 1.807) is 11.3 Å². The molecule has 0 fully saturated rings. The largest absolute Gasteiger partial charge is 0.298 e. The average Bonchev–Trinajstić information content (AvgIpc) is 2.77. The zero-order valence-corrected chi connectivity index (χ0v) is 11.2. The normalized spacial score (nSPS) is 12.4. The van der Waals surface area contributed by atoms with Crippen LogP contribution in [0.15, 0.2) is 29.2 Å². The molecule has 0 saturated heterocycles. The molecule has 0 aliphatic heterocycles. The summed E-state index contributed by atoms with van der Waals surface area (Å²) in [5.74, 6) is 0.525. The van der Waals surface area contributed by atoms with Gasteiger partial charge in [-0.25, -0.2) is 0 Å². The molecule has 0 saturated carbocycles. The lowest BCUT2D eigenvalue weighted by atomic mass is 9.97. The Morgan fingerprint density at radius 2 is 2.06 bits per heavy atom. The molecule has 1 heterocycles. The van der Waals surface area contributed by atoms with E-state index in [4.69, 9.17) is 0 Å². The van der Waals surface area contributed by atoms with Crippen LogP contribution in [0.4, 0.5) is 0 Å². The molecule has 2 aromatic rings. The van der Waals surface area contributed by atoms with Crippen LogP contribution in [-0.4, -0.2) is 6.29 Å². The number of rotatable bonds is 3. The lowest BCUT2D eigenvalue weighted by molar-refractivity contribution is -0.104. The summed E-state index contributed by atoms with van der Waals surface area (Å²) >= 11 is 1.74. The fourth-order valence-corrected chi connectivity index (χ4v) is 2.92. The third-order valence-corrected chi connectivity index (χ3v) is 3.84. The number of hydrogen-bond acceptors (Lipinski definition) is 2. The molecule has 0 atom stereocenters. The van der Waals surface area contributed by atoms with Crippen LogP contribution in [0.2, 0.25) is 0 Å². The second-order valence-electron chi connectivity index (χ2n) is 4.57. The monoisotopic (exact) mass is 244 g/mol. The SMILES string of the molecule is C/C(C=O)=C/c1ccc(C(C)C)c2ccsc12. The summed E-state index contributed by atoms with van der Waals surface area (Å²) in [6, 6.07) is 6.45. The molecule has 88 valence electrons. The van der Waals surface area contributed by atoms with E-state index in [9.17, 15) is 4.79 Å². The first-order chi connectivity index (χ1) is 8.13. The van der Waals surface area contributed by atoms with Gasteiger partial charge in [-0.15, -0.1) is 11.3 Å². The fraction of sp³-hybridized carbons (Fsp3) is 0.267. The molecule has 17 heavy (non-hydrogen) atoms. The van der Waals surface area contributed by atoms with Gasteiger partial charge in [0, 0.05) is 4.70 Å². The van der Waals surface area contributed by atoms with Crippen LogP contribution in [0.3, 0.4) is 0 Å². The van der Waals surface area contributed by atoms with E-state index in [0.717, 1.165) is 17.4 Å². The summed E-state index contributed by atoms with van der Waals surface area (Å²) in [6.07, 6.45) is 2.85. The molecule has 0 N–H and O–H groups in total. The van der Waals surface area contributed by atoms with Crippen molar-refractivity contribution in [3.8, 4) is 0 Å². The third-order valence-electron chi connectivity index (χ3n) is 2.87. The van der Waals surface area contributed by atoms with E-state index in [2.05, 4.69) is 37.4 Å². The van der Waals surface area contributed by atoms with E-state index < -0.39 is 0 Å². The molecule has 0 radical (unpaired) electrons. The maximum Gasteiger partial charge on any atom is 0.145 e. The highest BCUT2D eigenvalue weighted by molar-refractivity contribution is 7.17. The smallest absolute Gasteiger partial charge is 0.145 e. The van der Waals surface area contributed by atoms with E-state index in [1.807, 2.05) is 13.0 Å². The Morgan fingerprint density at radius 3 is 2.71 bits per heavy atom. The molecular formula is C15H16OS. The molecule has 2 rings (SSSR count). The van der Waals surface area contributed by atoms with Gasteiger partial charge >= 0.3 is 0 Å². The van der Waals surface area contributed by atoms with Crippen LogP contribution in [0.5, 0.6) is 0 Å². The van der Waals surface area contributed by atoms with Gasteiger partial charge in [0.05, 0.1) is 0 Å². The van der Waals surface area contributed by atoms with Crippen molar-refractivity contribution in [2.75, 3.05) is 0 Å². The molecule has 1 aromatic heterocycles. The number of carbonyl (C=O) groups excluding carboxylic acids is 1. The average molecular weight is 244 g/mol. The number of fused-ring (bicyclic) bond motifs is 1. The number of thiophene rings is 1. The number of hydrogen-bond donors (Lipinski definition) is 0. The predicted octanol–water partition coefficient (Wildman–Crippen LogP) is 4.63. The third kappa shape index (κ3) is 2.32. The highest BCUT2D eigenvalue weighted by Gasteiger charge is 2.08. The molecular weight excluding hydrogens is 228 g/mol. The van der Waals surface area contributed by atoms with Gasteiger partial charge in [-0.1, -0.05) is 26.0 Å². The molecule has 0 aliphatic rings. The maximum absolute atomic E-state index is 10.7. The Kier molecular flexibility index (Phi) is 3.43. The Labute approximate surface area is 106 Å². The number of carbonyl (C=O) groups is 1. The van der Waals surface area contributed by atoms with Gasteiger partial charge in [-0.2, -0.15) is 0 Å². The van der Waals surface area contributed by atoms with Crippen LogP contribution >= 0.6 is 11.3 Å². The molecule has 2 heteroatoms. The van der Waals surface area contributed by atoms with Gasteiger partial charge in [0.15, 0.2) is 0 Å². The summed E-state index contributed by atoms with van der Waals surface area (Å²) in [4.78, 5) is 10.7. The lowest BCUT2D eigenvalue weighted by Gasteiger charge is -2.08. The Balaban J connectivity index is 2.65. The first-order valence-corrected chi connectivity index (χ1v) is 6.65. The van der Waals surface area contributed by atoms with Crippen molar-refractivity contribution in [3.05, 3.63) is 40.3 Å². The first kappa shape index (κ1) is 12.1. The molecule has 0 unspecified atom stereocenters. The second-order valence-corrected chi connectivity index (χ2v) is 5.48. The molecule has 0 bridgehead atoms. The van der Waals surface area contributed by atoms with Gasteiger partial charge in [0.2, 0.25) is 0 Å². The molecule has 1 aromatic carbocycles. The van der Waals surface area contributed by atoms with E-state index >= 15 is 0 Å². The molecule has 0 amide bonds. The highest BCUT2D eigenvalue weighted by Crippen LogP contribution is 2.32. The van der Waals surface area contributed by atoms with Crippen molar-refractivity contribution in [2.45, 2.75) is 26.7 Å². The lowest BCUT2D eigenvalue weighted by Crippen LogP contribution is -1.89. The van der Waals surface area contributed by atoms with Crippen LogP contribution < -0.4 is 0 Å². The van der Waals surface area contributed by atoms with Crippen LogP contribution in [0.25, 0.3) is 16.2 Å². The van der Waals surface area contributed by atoms with Crippen molar-refractivity contribution in [2.24, 2.45) is 0 Å². The number of aldehydes is 1. The topological polar surface area (TPSA) is 17.1 Å². The molecule has 1 nitrogen and oxygen atoms in total. The van der Waals surface area contributed by atoms with Gasteiger partial charge in [-0.05, 0) is 52.5 Å². The highest BCUT2D eigenvalue weighted by atomic mass is 32.1. The number of benzene rings is 1. The number of allylic oxidation sites excluding steroid dienone is 1. The van der Waals surface area contributed by atoms with Crippen molar-refractivity contribution >= 4 is 33.8 Å². The minimum atomic E-state index is 0.525. The van der Waals surface area contributed by atoms with Crippen molar-refractivity contribution in [1.29, 1.82) is 0 Å².